The van der Waals surface area contributed by atoms with Crippen molar-refractivity contribution in [2.75, 3.05) is 0 Å². The lowest BCUT2D eigenvalue weighted by Crippen LogP contribution is -2.20. The maximum Gasteiger partial charge on any atom is 0.0892 e. The summed E-state index contributed by atoms with van der Waals surface area (Å²) < 4.78 is 11.5. The summed E-state index contributed by atoms with van der Waals surface area (Å²) in [7, 11) is -2.25. The third-order valence-electron chi connectivity index (χ3n) is 8.39. The van der Waals surface area contributed by atoms with Crippen molar-refractivity contribution in [2.24, 2.45) is 0 Å². The predicted octanol–water partition coefficient (Wildman–Crippen LogP) is 11.7. The maximum atomic E-state index is 5.77. The van der Waals surface area contributed by atoms with Crippen molar-refractivity contribution in [2.45, 2.75) is 181 Å². The van der Waals surface area contributed by atoms with E-state index in [-0.39, 0.29) is 11.2 Å². The summed E-state index contributed by atoms with van der Waals surface area (Å²) in [6.07, 6.45) is 23.0. The van der Waals surface area contributed by atoms with Crippen LogP contribution in [0, 0.1) is 0 Å². The molecule has 2 fully saturated rings. The average molecular weight is 587 g/mol. The van der Waals surface area contributed by atoms with E-state index in [1.807, 2.05) is 0 Å². The first-order valence-corrected chi connectivity index (χ1v) is 23.8. The maximum absolute atomic E-state index is 5.77. The standard InChI is InChI=1S/C36H66O2Si2/c1-29(23-25-33-35(3,4)37-33)17-15-21-31(27-39(7,8)9)19-13-14-20-32(28-40(10,11)12)22-16-18-30(2)24-26-34-36(5,6)38-34/h17-20,33-34H,13-16,21-28H2,1-12H3/b29-17+,30-18+,31-19+,32-20+/t33-,34-/m0/s1. The summed E-state index contributed by atoms with van der Waals surface area (Å²) in [5, 5.41) is 0. The van der Waals surface area contributed by atoms with Crippen LogP contribution >= 0.6 is 0 Å². The van der Waals surface area contributed by atoms with Crippen LogP contribution in [0.15, 0.2) is 46.6 Å². The van der Waals surface area contributed by atoms with Crippen molar-refractivity contribution in [3.8, 4) is 0 Å². The number of ether oxygens (including phenoxy) is 2. The van der Waals surface area contributed by atoms with Gasteiger partial charge in [-0.05, 0) is 118 Å². The van der Waals surface area contributed by atoms with Gasteiger partial charge >= 0.3 is 0 Å². The van der Waals surface area contributed by atoms with Crippen LogP contribution < -0.4 is 0 Å². The zero-order valence-electron chi connectivity index (χ0n) is 28.8. The number of hydrogen-bond acceptors (Lipinski definition) is 2. The largest absolute Gasteiger partial charge is 0.367 e. The number of hydrogen-bond donors (Lipinski definition) is 0. The van der Waals surface area contributed by atoms with Gasteiger partial charge in [-0.25, -0.2) is 0 Å². The minimum absolute atomic E-state index is 0.121. The lowest BCUT2D eigenvalue weighted by atomic mass is 10.0. The fourth-order valence-corrected chi connectivity index (χ4v) is 9.24. The molecule has 0 bridgehead atoms. The molecule has 40 heavy (non-hydrogen) atoms. The van der Waals surface area contributed by atoms with Crippen LogP contribution in [-0.4, -0.2) is 39.6 Å². The Balaban J connectivity index is 1.86. The van der Waals surface area contributed by atoms with Gasteiger partial charge in [0.25, 0.3) is 0 Å². The van der Waals surface area contributed by atoms with Gasteiger partial charge in [-0.2, -0.15) is 0 Å². The Labute approximate surface area is 252 Å². The monoisotopic (exact) mass is 586 g/mol. The van der Waals surface area contributed by atoms with E-state index in [1.54, 1.807) is 11.1 Å². The summed E-state index contributed by atoms with van der Waals surface area (Å²) >= 11 is 0. The van der Waals surface area contributed by atoms with Gasteiger partial charge < -0.3 is 9.47 Å². The molecule has 0 spiro atoms. The third-order valence-corrected chi connectivity index (χ3v) is 11.4. The quantitative estimate of drug-likeness (QED) is 0.0651. The van der Waals surface area contributed by atoms with Gasteiger partial charge in [-0.1, -0.05) is 85.9 Å². The van der Waals surface area contributed by atoms with Crippen LogP contribution in [0.4, 0.5) is 0 Å². The van der Waals surface area contributed by atoms with Gasteiger partial charge in [0.15, 0.2) is 0 Å². The van der Waals surface area contributed by atoms with E-state index in [0.717, 1.165) is 0 Å². The van der Waals surface area contributed by atoms with E-state index in [9.17, 15) is 0 Å². The molecule has 0 aromatic rings. The van der Waals surface area contributed by atoms with Crippen molar-refractivity contribution in [3.63, 3.8) is 0 Å². The fraction of sp³-hybridized carbons (Fsp3) is 0.778. The van der Waals surface area contributed by atoms with E-state index in [0.29, 0.717) is 12.2 Å². The number of epoxide rings is 2. The summed E-state index contributed by atoms with van der Waals surface area (Å²) in [5.74, 6) is 0. The summed E-state index contributed by atoms with van der Waals surface area (Å²) in [6, 6.07) is 2.67. The molecule has 0 radical (unpaired) electrons. The first kappa shape index (κ1) is 35.5. The van der Waals surface area contributed by atoms with Crippen LogP contribution in [0.5, 0.6) is 0 Å². The van der Waals surface area contributed by atoms with Gasteiger partial charge in [0, 0.05) is 16.1 Å². The molecule has 0 aliphatic carbocycles. The highest BCUT2D eigenvalue weighted by Gasteiger charge is 2.47. The van der Waals surface area contributed by atoms with Crippen LogP contribution in [0.3, 0.4) is 0 Å². The summed E-state index contributed by atoms with van der Waals surface area (Å²) in [4.78, 5) is 0. The second-order valence-corrected chi connectivity index (χ2v) is 27.4. The molecule has 2 heterocycles. The molecule has 2 aliphatic heterocycles. The normalized spacial score (nSPS) is 23.5. The molecular weight excluding hydrogens is 521 g/mol. The molecule has 2 aliphatic rings. The zero-order chi connectivity index (χ0) is 30.2. The number of rotatable bonds is 19. The Kier molecular flexibility index (Phi) is 13.5. The molecule has 2 nitrogen and oxygen atoms in total. The molecule has 0 saturated carbocycles. The van der Waals surface area contributed by atoms with Gasteiger partial charge in [0.05, 0.1) is 23.4 Å². The van der Waals surface area contributed by atoms with E-state index in [2.05, 4.69) is 105 Å². The fourth-order valence-electron chi connectivity index (χ4n) is 5.87. The van der Waals surface area contributed by atoms with Crippen molar-refractivity contribution in [1.29, 1.82) is 0 Å². The third kappa shape index (κ3) is 15.5. The first-order valence-electron chi connectivity index (χ1n) is 16.4. The second kappa shape index (κ2) is 15.2. The Morgan fingerprint density at radius 1 is 0.550 bits per heavy atom. The molecular formula is C36H66O2Si2. The minimum atomic E-state index is -1.13. The smallest absolute Gasteiger partial charge is 0.0892 e. The molecule has 0 aromatic carbocycles. The van der Waals surface area contributed by atoms with E-state index >= 15 is 0 Å². The Morgan fingerprint density at radius 3 is 1.15 bits per heavy atom. The molecule has 2 rings (SSSR count). The summed E-state index contributed by atoms with van der Waals surface area (Å²) in [6.45, 7) is 28.5. The lowest BCUT2D eigenvalue weighted by Gasteiger charge is -2.19. The minimum Gasteiger partial charge on any atom is -0.367 e. The Morgan fingerprint density at radius 2 is 0.875 bits per heavy atom. The molecule has 2 saturated heterocycles. The first-order chi connectivity index (χ1) is 18.4. The van der Waals surface area contributed by atoms with Crippen molar-refractivity contribution in [1.82, 2.24) is 0 Å². The average Bonchev–Trinajstić information content (AvgIpc) is 3.63. The second-order valence-electron chi connectivity index (χ2n) is 16.5. The number of allylic oxidation sites excluding steroid dienone is 8. The van der Waals surface area contributed by atoms with Crippen LogP contribution in [0.25, 0.3) is 0 Å². The number of unbranched alkanes of at least 4 members (excludes halogenated alkanes) is 1. The van der Waals surface area contributed by atoms with Crippen molar-refractivity contribution >= 4 is 16.1 Å². The molecule has 0 amide bonds. The van der Waals surface area contributed by atoms with Crippen LogP contribution in [0.1, 0.15) is 106 Å². The zero-order valence-corrected chi connectivity index (χ0v) is 30.8. The summed E-state index contributed by atoms with van der Waals surface area (Å²) in [5.41, 5.74) is 6.72. The lowest BCUT2D eigenvalue weighted by molar-refractivity contribution is 0.319. The van der Waals surface area contributed by atoms with Crippen LogP contribution in [-0.2, 0) is 9.47 Å². The van der Waals surface area contributed by atoms with Gasteiger partial charge in [-0.15, -0.1) is 0 Å². The van der Waals surface area contributed by atoms with Gasteiger partial charge in [0.1, 0.15) is 0 Å². The molecule has 0 N–H and O–H groups in total. The molecule has 2 atom stereocenters. The Bertz CT molecular complexity index is 845. The molecule has 0 unspecified atom stereocenters. The van der Waals surface area contributed by atoms with Gasteiger partial charge in [0.2, 0.25) is 0 Å². The molecule has 4 heteroatoms. The van der Waals surface area contributed by atoms with E-state index in [1.165, 1.54) is 87.4 Å². The molecule has 0 aromatic heterocycles. The predicted molar refractivity (Wildman–Crippen MR) is 184 cm³/mol. The SMILES string of the molecule is C/C(=C\CC/C(=C\CC/C=C(\CC/C=C(\C)CC[C@@H]1OC1(C)C)C[Si](C)(C)C)C[Si](C)(C)C)CC[C@@H]1OC1(C)C. The van der Waals surface area contributed by atoms with E-state index in [4.69, 9.17) is 9.47 Å². The topological polar surface area (TPSA) is 25.1 Å². The van der Waals surface area contributed by atoms with E-state index < -0.39 is 16.1 Å². The molecule has 230 valence electrons. The highest BCUT2D eigenvalue weighted by molar-refractivity contribution is 6.77. The highest BCUT2D eigenvalue weighted by atomic mass is 28.3. The van der Waals surface area contributed by atoms with Crippen LogP contribution in [0.2, 0.25) is 51.4 Å². The van der Waals surface area contributed by atoms with Gasteiger partial charge in [-0.3, -0.25) is 0 Å². The van der Waals surface area contributed by atoms with Crippen molar-refractivity contribution < 1.29 is 9.47 Å². The highest BCUT2D eigenvalue weighted by Crippen LogP contribution is 2.39. The van der Waals surface area contributed by atoms with Crippen molar-refractivity contribution in [3.05, 3.63) is 46.6 Å². The Hall–Kier alpha value is -0.686.